The molecule has 23 heavy (non-hydrogen) atoms. The molecule has 1 atom stereocenters. The van der Waals surface area contributed by atoms with Crippen molar-refractivity contribution in [1.82, 2.24) is 5.32 Å². The third kappa shape index (κ3) is 5.49. The third-order valence-corrected chi connectivity index (χ3v) is 3.30. The number of thiocarbonyl (C=S) groups is 1. The average molecular weight is 336 g/mol. The molecule has 6 heteroatoms. The predicted octanol–water partition coefficient (Wildman–Crippen LogP) is 4.03. The van der Waals surface area contributed by atoms with Crippen molar-refractivity contribution in [3.8, 4) is 5.75 Å². The van der Waals surface area contributed by atoms with Crippen LogP contribution in [0, 0.1) is 18.6 Å². The largest absolute Gasteiger partial charge is 0.491 e. The lowest BCUT2D eigenvalue weighted by atomic mass is 10.2. The quantitative estimate of drug-likeness (QED) is 0.808. The first-order chi connectivity index (χ1) is 10.9. The van der Waals surface area contributed by atoms with Gasteiger partial charge in [0.05, 0.1) is 6.04 Å². The summed E-state index contributed by atoms with van der Waals surface area (Å²) in [6.07, 6.45) is 0. The van der Waals surface area contributed by atoms with Crippen molar-refractivity contribution in [2.75, 3.05) is 11.9 Å². The van der Waals surface area contributed by atoms with E-state index in [9.17, 15) is 8.78 Å². The average Bonchev–Trinajstić information content (AvgIpc) is 2.50. The topological polar surface area (TPSA) is 33.3 Å². The van der Waals surface area contributed by atoms with Gasteiger partial charge in [-0.15, -0.1) is 0 Å². The summed E-state index contributed by atoms with van der Waals surface area (Å²) in [5, 5.41) is 6.14. The van der Waals surface area contributed by atoms with E-state index < -0.39 is 11.6 Å². The fourth-order valence-electron chi connectivity index (χ4n) is 1.86. The normalized spacial score (nSPS) is 11.7. The second-order valence-corrected chi connectivity index (χ2v) is 5.66. The standard InChI is InChI=1S/C17H18F2N2OS/c1-11-3-6-14(7-4-11)22-10-12(2)20-17(23)21-13-5-8-15(18)16(19)9-13/h3-9,12H,10H2,1-2H3,(H2,20,21,23)/t12-/m1/s1. The Bertz CT molecular complexity index is 677. The summed E-state index contributed by atoms with van der Waals surface area (Å²) in [6, 6.07) is 11.2. The van der Waals surface area contributed by atoms with Crippen LogP contribution in [0.2, 0.25) is 0 Å². The first kappa shape index (κ1) is 17.1. The summed E-state index contributed by atoms with van der Waals surface area (Å²) < 4.78 is 31.6. The van der Waals surface area contributed by atoms with Crippen LogP contribution >= 0.6 is 12.2 Å². The number of halogens is 2. The smallest absolute Gasteiger partial charge is 0.171 e. The van der Waals surface area contributed by atoms with Crippen molar-refractivity contribution < 1.29 is 13.5 Å². The van der Waals surface area contributed by atoms with Gasteiger partial charge in [0.2, 0.25) is 0 Å². The van der Waals surface area contributed by atoms with Gasteiger partial charge in [-0.25, -0.2) is 8.78 Å². The van der Waals surface area contributed by atoms with Crippen molar-refractivity contribution in [3.05, 3.63) is 59.7 Å². The first-order valence-electron chi connectivity index (χ1n) is 7.16. The van der Waals surface area contributed by atoms with E-state index in [2.05, 4.69) is 10.6 Å². The Labute approximate surface area is 139 Å². The molecule has 0 saturated carbocycles. The van der Waals surface area contributed by atoms with Crippen LogP contribution in [0.3, 0.4) is 0 Å². The summed E-state index contributed by atoms with van der Waals surface area (Å²) in [7, 11) is 0. The third-order valence-electron chi connectivity index (χ3n) is 3.08. The van der Waals surface area contributed by atoms with Crippen molar-refractivity contribution >= 4 is 23.0 Å². The maximum atomic E-state index is 13.1. The van der Waals surface area contributed by atoms with Crippen molar-refractivity contribution in [3.63, 3.8) is 0 Å². The highest BCUT2D eigenvalue weighted by atomic mass is 32.1. The number of hydrogen-bond donors (Lipinski definition) is 2. The van der Waals surface area contributed by atoms with Gasteiger partial charge < -0.3 is 15.4 Å². The van der Waals surface area contributed by atoms with Crippen LogP contribution in [0.25, 0.3) is 0 Å². The monoisotopic (exact) mass is 336 g/mol. The van der Waals surface area contributed by atoms with Crippen molar-refractivity contribution in [2.24, 2.45) is 0 Å². The summed E-state index contributed by atoms with van der Waals surface area (Å²) in [4.78, 5) is 0. The van der Waals surface area contributed by atoms with Gasteiger partial charge in [-0.1, -0.05) is 17.7 Å². The second kappa shape index (κ2) is 7.87. The number of nitrogens with one attached hydrogen (secondary N) is 2. The molecule has 0 aliphatic carbocycles. The molecule has 0 aliphatic heterocycles. The number of hydrogen-bond acceptors (Lipinski definition) is 2. The van der Waals surface area contributed by atoms with E-state index in [1.165, 1.54) is 11.6 Å². The van der Waals surface area contributed by atoms with Crippen LogP contribution in [0.1, 0.15) is 12.5 Å². The van der Waals surface area contributed by atoms with Crippen LogP contribution in [-0.4, -0.2) is 17.8 Å². The van der Waals surface area contributed by atoms with E-state index in [0.717, 1.165) is 17.9 Å². The zero-order valence-electron chi connectivity index (χ0n) is 12.9. The maximum Gasteiger partial charge on any atom is 0.171 e. The zero-order chi connectivity index (χ0) is 16.8. The lowest BCUT2D eigenvalue weighted by Crippen LogP contribution is -2.39. The van der Waals surface area contributed by atoms with Gasteiger partial charge in [-0.2, -0.15) is 0 Å². The van der Waals surface area contributed by atoms with E-state index >= 15 is 0 Å². The van der Waals surface area contributed by atoms with E-state index in [-0.39, 0.29) is 6.04 Å². The molecule has 0 saturated heterocycles. The van der Waals surface area contributed by atoms with Crippen LogP contribution < -0.4 is 15.4 Å². The zero-order valence-corrected chi connectivity index (χ0v) is 13.7. The summed E-state index contributed by atoms with van der Waals surface area (Å²) in [5.74, 6) is -1.04. The van der Waals surface area contributed by atoms with Gasteiger partial charge in [-0.3, -0.25) is 0 Å². The Morgan fingerprint density at radius 3 is 2.48 bits per heavy atom. The molecule has 0 heterocycles. The van der Waals surface area contributed by atoms with Crippen LogP contribution in [0.4, 0.5) is 14.5 Å². The van der Waals surface area contributed by atoms with E-state index in [1.807, 2.05) is 38.1 Å². The Kier molecular flexibility index (Phi) is 5.87. The number of ether oxygens (including phenoxy) is 1. The fourth-order valence-corrected chi connectivity index (χ4v) is 2.18. The van der Waals surface area contributed by atoms with Crippen LogP contribution in [0.15, 0.2) is 42.5 Å². The molecule has 0 amide bonds. The summed E-state index contributed by atoms with van der Waals surface area (Å²) >= 11 is 5.14. The molecule has 3 nitrogen and oxygen atoms in total. The highest BCUT2D eigenvalue weighted by Crippen LogP contribution is 2.13. The number of anilines is 1. The summed E-state index contributed by atoms with van der Waals surface area (Å²) in [6.45, 7) is 4.34. The van der Waals surface area contributed by atoms with E-state index in [4.69, 9.17) is 17.0 Å². The molecule has 0 unspecified atom stereocenters. The Morgan fingerprint density at radius 2 is 1.83 bits per heavy atom. The molecule has 0 spiro atoms. The lowest BCUT2D eigenvalue weighted by molar-refractivity contribution is 0.287. The number of rotatable bonds is 5. The van der Waals surface area contributed by atoms with E-state index in [1.54, 1.807) is 0 Å². The number of aryl methyl sites for hydroxylation is 1. The highest BCUT2D eigenvalue weighted by molar-refractivity contribution is 7.80. The minimum atomic E-state index is -0.923. The van der Waals surface area contributed by atoms with Crippen LogP contribution in [-0.2, 0) is 0 Å². The molecule has 0 aliphatic rings. The molecule has 2 N–H and O–H groups in total. The SMILES string of the molecule is Cc1ccc(OC[C@@H](C)NC(=S)Nc2ccc(F)c(F)c2)cc1. The maximum absolute atomic E-state index is 13.1. The minimum absolute atomic E-state index is 0.0541. The second-order valence-electron chi connectivity index (χ2n) is 5.25. The number of benzene rings is 2. The van der Waals surface area contributed by atoms with E-state index in [0.29, 0.717) is 17.4 Å². The van der Waals surface area contributed by atoms with Gasteiger partial charge >= 0.3 is 0 Å². The molecule has 0 bridgehead atoms. The molecule has 2 aromatic rings. The molecule has 2 rings (SSSR count). The minimum Gasteiger partial charge on any atom is -0.491 e. The van der Waals surface area contributed by atoms with Gasteiger partial charge in [0.1, 0.15) is 12.4 Å². The first-order valence-corrected chi connectivity index (χ1v) is 7.57. The molecule has 2 aromatic carbocycles. The predicted molar refractivity (Wildman–Crippen MR) is 91.9 cm³/mol. The Morgan fingerprint density at radius 1 is 1.13 bits per heavy atom. The molecule has 0 aromatic heterocycles. The van der Waals surface area contributed by atoms with Gasteiger partial charge in [0.15, 0.2) is 16.7 Å². The fraction of sp³-hybridized carbons (Fsp3) is 0.235. The van der Waals surface area contributed by atoms with Gasteiger partial charge in [0.25, 0.3) is 0 Å². The summed E-state index contributed by atoms with van der Waals surface area (Å²) in [5.41, 5.74) is 1.55. The van der Waals surface area contributed by atoms with Crippen molar-refractivity contribution in [2.45, 2.75) is 19.9 Å². The van der Waals surface area contributed by atoms with Crippen molar-refractivity contribution in [1.29, 1.82) is 0 Å². The van der Waals surface area contributed by atoms with Gasteiger partial charge in [0, 0.05) is 11.8 Å². The Hall–Kier alpha value is -2.21. The van der Waals surface area contributed by atoms with Gasteiger partial charge in [-0.05, 0) is 50.3 Å². The molecule has 122 valence electrons. The molecular formula is C17H18F2N2OS. The molecule has 0 fully saturated rings. The highest BCUT2D eigenvalue weighted by Gasteiger charge is 2.07. The molecular weight excluding hydrogens is 318 g/mol. The van der Waals surface area contributed by atoms with Crippen LogP contribution in [0.5, 0.6) is 5.75 Å². The molecule has 0 radical (unpaired) electrons. The lowest BCUT2D eigenvalue weighted by Gasteiger charge is -2.17. The Balaban J connectivity index is 1.79.